The van der Waals surface area contributed by atoms with E-state index in [0.717, 1.165) is 28.5 Å². The van der Waals surface area contributed by atoms with Crippen LogP contribution < -0.4 is 5.32 Å². The molecule has 0 spiro atoms. The van der Waals surface area contributed by atoms with Crippen molar-refractivity contribution in [1.29, 1.82) is 0 Å². The number of aliphatic carboxylic acids is 1. The number of carboxylic acids is 1. The van der Waals surface area contributed by atoms with Crippen molar-refractivity contribution in [3.05, 3.63) is 94.0 Å². The monoisotopic (exact) mass is 587 g/mol. The summed E-state index contributed by atoms with van der Waals surface area (Å²) in [6.45, 7) is 4.92. The molecule has 0 aliphatic carbocycles. The highest BCUT2D eigenvalue weighted by molar-refractivity contribution is 7.90. The van der Waals surface area contributed by atoms with Gasteiger partial charge in [-0.15, -0.1) is 0 Å². The minimum absolute atomic E-state index is 0.219. The number of aryl methyl sites for hydroxylation is 1. The van der Waals surface area contributed by atoms with Crippen LogP contribution in [0, 0.1) is 6.92 Å². The molecule has 3 rings (SSSR count). The van der Waals surface area contributed by atoms with Gasteiger partial charge in [0.2, 0.25) is 0 Å². The number of carboxylic acid groups (broad SMARTS) is 1. The third kappa shape index (κ3) is 9.16. The number of halogens is 1. The van der Waals surface area contributed by atoms with Crippen LogP contribution in [0.2, 0.25) is 5.02 Å². The highest BCUT2D eigenvalue weighted by atomic mass is 35.5. The van der Waals surface area contributed by atoms with Gasteiger partial charge in [0.15, 0.2) is 0 Å². The van der Waals surface area contributed by atoms with Gasteiger partial charge >= 0.3 is 5.97 Å². The van der Waals surface area contributed by atoms with Crippen LogP contribution in [0.3, 0.4) is 0 Å². The molecule has 0 heterocycles. The minimum atomic E-state index is -3.40. The summed E-state index contributed by atoms with van der Waals surface area (Å²) < 4.78 is 35.0. The number of ether oxygens (including phenoxy) is 2. The normalized spacial score (nSPS) is 13.0. The van der Waals surface area contributed by atoms with Gasteiger partial charge in [-0.3, -0.25) is 4.79 Å². The smallest absolute Gasteiger partial charge is 0.326 e. The Morgan fingerprint density at radius 1 is 1.02 bits per heavy atom. The van der Waals surface area contributed by atoms with Crippen molar-refractivity contribution in [3.8, 4) is 11.1 Å². The van der Waals surface area contributed by atoms with Crippen LogP contribution >= 0.6 is 11.6 Å². The molecule has 0 radical (unpaired) electrons. The lowest BCUT2D eigenvalue weighted by Gasteiger charge is -2.20. The average Bonchev–Trinajstić information content (AvgIpc) is 2.90. The van der Waals surface area contributed by atoms with Crippen LogP contribution in [0.5, 0.6) is 0 Å². The molecular formula is C30H34ClNO7S. The van der Waals surface area contributed by atoms with Gasteiger partial charge in [0.1, 0.15) is 22.0 Å². The molecule has 0 fully saturated rings. The molecule has 1 amide bonds. The summed E-state index contributed by atoms with van der Waals surface area (Å²) in [5, 5.41) is 12.7. The number of hydrogen-bond donors (Lipinski definition) is 2. The number of carbonyl (C=O) groups excluding carboxylic acids is 1. The average molecular weight is 588 g/mol. The number of benzene rings is 3. The van der Waals surface area contributed by atoms with Gasteiger partial charge in [-0.2, -0.15) is 0 Å². The minimum Gasteiger partial charge on any atom is -0.480 e. The highest BCUT2D eigenvalue weighted by Crippen LogP contribution is 2.30. The first-order valence-corrected chi connectivity index (χ1v) is 15.3. The van der Waals surface area contributed by atoms with E-state index in [1.165, 1.54) is 0 Å². The Labute approximate surface area is 240 Å². The third-order valence-electron chi connectivity index (χ3n) is 6.29. The van der Waals surface area contributed by atoms with E-state index < -0.39 is 27.8 Å². The highest BCUT2D eigenvalue weighted by Gasteiger charge is 2.24. The fraction of sp³-hybridized carbons (Fsp3) is 0.333. The van der Waals surface area contributed by atoms with Gasteiger partial charge in [0, 0.05) is 23.4 Å². The van der Waals surface area contributed by atoms with Crippen LogP contribution in [0.4, 0.5) is 0 Å². The molecule has 8 nitrogen and oxygen atoms in total. The van der Waals surface area contributed by atoms with E-state index in [9.17, 15) is 23.1 Å². The second-order valence-electron chi connectivity index (χ2n) is 9.49. The molecule has 0 aliphatic heterocycles. The maximum atomic E-state index is 13.3. The number of amides is 1. The summed E-state index contributed by atoms with van der Waals surface area (Å²) in [6, 6.07) is 18.8. The van der Waals surface area contributed by atoms with Crippen LogP contribution in [-0.2, 0) is 30.7 Å². The Morgan fingerprint density at radius 2 is 1.77 bits per heavy atom. The summed E-state index contributed by atoms with van der Waals surface area (Å²) in [4.78, 5) is 25.1. The molecule has 0 aliphatic rings. The van der Waals surface area contributed by atoms with Gasteiger partial charge < -0.3 is 19.9 Å². The van der Waals surface area contributed by atoms with Crippen molar-refractivity contribution in [2.75, 3.05) is 25.2 Å². The maximum Gasteiger partial charge on any atom is 0.326 e. The fourth-order valence-corrected chi connectivity index (χ4v) is 5.03. The van der Waals surface area contributed by atoms with E-state index in [1.54, 1.807) is 18.2 Å². The molecule has 2 unspecified atom stereocenters. The van der Waals surface area contributed by atoms with Crippen LogP contribution in [0.1, 0.15) is 46.5 Å². The number of rotatable bonds is 14. The molecule has 2 N–H and O–H groups in total. The fourth-order valence-electron chi connectivity index (χ4n) is 4.17. The topological polar surface area (TPSA) is 119 Å². The van der Waals surface area contributed by atoms with Gasteiger partial charge in [-0.25, -0.2) is 13.2 Å². The molecule has 2 atom stereocenters. The second-order valence-corrected chi connectivity index (χ2v) is 12.2. The molecule has 3 aromatic rings. The molecule has 3 aromatic carbocycles. The maximum absolute atomic E-state index is 13.3. The quantitative estimate of drug-likeness (QED) is 0.265. The van der Waals surface area contributed by atoms with E-state index in [-0.39, 0.29) is 30.4 Å². The van der Waals surface area contributed by atoms with E-state index in [4.69, 9.17) is 21.1 Å². The van der Waals surface area contributed by atoms with Gasteiger partial charge in [-0.1, -0.05) is 54.1 Å². The first-order valence-electron chi connectivity index (χ1n) is 12.8. The zero-order chi connectivity index (χ0) is 29.3. The molecule has 0 saturated carbocycles. The van der Waals surface area contributed by atoms with Gasteiger partial charge in [0.05, 0.1) is 19.0 Å². The molecule has 10 heteroatoms. The van der Waals surface area contributed by atoms with Crippen molar-refractivity contribution in [2.45, 2.75) is 39.0 Å². The number of sulfone groups is 1. The largest absolute Gasteiger partial charge is 0.480 e. The Hall–Kier alpha value is -3.24. The summed E-state index contributed by atoms with van der Waals surface area (Å²) >= 11 is 6.19. The van der Waals surface area contributed by atoms with Crippen molar-refractivity contribution in [2.24, 2.45) is 0 Å². The van der Waals surface area contributed by atoms with Crippen molar-refractivity contribution in [1.82, 2.24) is 5.32 Å². The summed E-state index contributed by atoms with van der Waals surface area (Å²) in [5.41, 5.74) is 4.28. The van der Waals surface area contributed by atoms with Crippen LogP contribution in [0.15, 0.2) is 66.7 Å². The molecule has 0 bridgehead atoms. The second kappa shape index (κ2) is 14.4. The summed E-state index contributed by atoms with van der Waals surface area (Å²) in [7, 11) is -3.40. The van der Waals surface area contributed by atoms with Crippen molar-refractivity contribution < 1.29 is 32.6 Å². The number of nitrogens with one attached hydrogen (secondary N) is 1. The van der Waals surface area contributed by atoms with Crippen LogP contribution in [-0.4, -0.2) is 56.7 Å². The standard InChI is InChI=1S/C30H34ClNO7S/c1-4-38-19-28(22-9-7-10-23(31)17-22)39-18-21-12-13-25(26(16-21)24-11-6-5-8-20(24)2)29(33)32-27(30(34)35)14-15-40(3,36)37/h5-13,16-17,27-28H,4,14-15,18-19H2,1-3H3,(H,32,33)(H,34,35). The Bertz CT molecular complexity index is 1440. The van der Waals surface area contributed by atoms with Gasteiger partial charge in [0.25, 0.3) is 5.91 Å². The Balaban J connectivity index is 1.91. The summed E-state index contributed by atoms with van der Waals surface area (Å²) in [6.07, 6.45) is 0.418. The van der Waals surface area contributed by atoms with E-state index >= 15 is 0 Å². The first-order chi connectivity index (χ1) is 19.0. The molecule has 40 heavy (non-hydrogen) atoms. The lowest BCUT2D eigenvalue weighted by Crippen LogP contribution is -2.42. The zero-order valence-electron chi connectivity index (χ0n) is 22.7. The zero-order valence-corrected chi connectivity index (χ0v) is 24.3. The molecule has 214 valence electrons. The molecule has 0 saturated heterocycles. The first kappa shape index (κ1) is 31.3. The lowest BCUT2D eigenvalue weighted by atomic mass is 9.93. The van der Waals surface area contributed by atoms with E-state index in [0.29, 0.717) is 23.8 Å². The van der Waals surface area contributed by atoms with Crippen molar-refractivity contribution >= 4 is 33.3 Å². The van der Waals surface area contributed by atoms with Gasteiger partial charge in [-0.05, 0) is 72.4 Å². The van der Waals surface area contributed by atoms with Crippen molar-refractivity contribution in [3.63, 3.8) is 0 Å². The Kier molecular flexibility index (Phi) is 11.3. The number of carbonyl (C=O) groups is 2. The van der Waals surface area contributed by atoms with E-state index in [1.807, 2.05) is 62.4 Å². The Morgan fingerprint density at radius 3 is 2.42 bits per heavy atom. The predicted molar refractivity (Wildman–Crippen MR) is 155 cm³/mol. The molecular weight excluding hydrogens is 554 g/mol. The lowest BCUT2D eigenvalue weighted by molar-refractivity contribution is -0.139. The number of hydrogen-bond acceptors (Lipinski definition) is 6. The van der Waals surface area contributed by atoms with Crippen LogP contribution in [0.25, 0.3) is 11.1 Å². The predicted octanol–water partition coefficient (Wildman–Crippen LogP) is 5.23. The SMILES string of the molecule is CCOCC(OCc1ccc(C(=O)NC(CCS(C)(=O)=O)C(=O)O)c(-c2ccccc2C)c1)c1cccc(Cl)c1. The molecule has 0 aromatic heterocycles. The third-order valence-corrected chi connectivity index (χ3v) is 7.50. The van der Waals surface area contributed by atoms with E-state index in [2.05, 4.69) is 5.32 Å². The summed E-state index contributed by atoms with van der Waals surface area (Å²) in [5.74, 6) is -2.28.